The lowest BCUT2D eigenvalue weighted by Gasteiger charge is -2.36. The smallest absolute Gasteiger partial charge is 0.408 e. The first-order chi connectivity index (χ1) is 20.0. The fourth-order valence-corrected chi connectivity index (χ4v) is 4.60. The highest BCUT2D eigenvalue weighted by Gasteiger charge is 2.37. The van der Waals surface area contributed by atoms with Crippen molar-refractivity contribution in [3.05, 3.63) is 33.9 Å². The van der Waals surface area contributed by atoms with Crippen molar-refractivity contribution in [2.75, 3.05) is 11.9 Å². The average Bonchev–Trinajstić information content (AvgIpc) is 2.85. The third-order valence-electron chi connectivity index (χ3n) is 7.17. The van der Waals surface area contributed by atoms with Gasteiger partial charge in [0, 0.05) is 18.3 Å². The molecule has 0 heterocycles. The Hall–Kier alpha value is -3.72. The maximum absolute atomic E-state index is 13.4. The minimum Gasteiger partial charge on any atom is -0.444 e. The zero-order valence-corrected chi connectivity index (χ0v) is 28.6. The Labute approximate surface area is 260 Å². The van der Waals surface area contributed by atoms with Crippen LogP contribution in [0.2, 0.25) is 18.1 Å². The summed E-state index contributed by atoms with van der Waals surface area (Å²) < 4.78 is 11.4. The van der Waals surface area contributed by atoms with Gasteiger partial charge in [0.15, 0.2) is 8.32 Å². The highest BCUT2D eigenvalue weighted by molar-refractivity contribution is 6.74. The fraction of sp³-hybridized carbons (Fsp3) is 0.655. The van der Waals surface area contributed by atoms with E-state index in [9.17, 15) is 29.3 Å². The van der Waals surface area contributed by atoms with Crippen LogP contribution in [-0.2, 0) is 25.4 Å². The molecule has 0 saturated heterocycles. The number of amides is 5. The van der Waals surface area contributed by atoms with Gasteiger partial charge in [-0.25, -0.2) is 9.59 Å². The summed E-state index contributed by atoms with van der Waals surface area (Å²) in [4.78, 5) is 61.4. The minimum atomic E-state index is -2.18. The number of rotatable bonds is 14. The second-order valence-corrected chi connectivity index (χ2v) is 18.3. The first kappa shape index (κ1) is 38.3. The molecule has 44 heavy (non-hydrogen) atoms. The van der Waals surface area contributed by atoms with Gasteiger partial charge in [-0.05, 0) is 69.8 Å². The molecule has 0 fully saturated rings. The number of nitro benzene ring substituents is 1. The second kappa shape index (κ2) is 15.8. The number of alkyl carbamates (subject to hydrolysis) is 1. The number of nitrogens with two attached hydrogens (primary N) is 1. The zero-order valence-electron chi connectivity index (χ0n) is 27.6. The number of hydrogen-bond acceptors (Lipinski definition) is 8. The molecule has 0 saturated carbocycles. The number of ether oxygens (including phenoxy) is 1. The Bertz CT molecular complexity index is 1190. The van der Waals surface area contributed by atoms with Crippen molar-refractivity contribution in [1.29, 1.82) is 0 Å². The molecule has 0 spiro atoms. The number of urea groups is 1. The lowest BCUT2D eigenvalue weighted by Crippen LogP contribution is -2.55. The van der Waals surface area contributed by atoms with Gasteiger partial charge in [-0.1, -0.05) is 34.6 Å². The van der Waals surface area contributed by atoms with E-state index in [1.54, 1.807) is 34.6 Å². The van der Waals surface area contributed by atoms with Gasteiger partial charge in [-0.2, -0.15) is 0 Å². The monoisotopic (exact) mass is 638 g/mol. The van der Waals surface area contributed by atoms with Gasteiger partial charge in [0.05, 0.1) is 17.1 Å². The Morgan fingerprint density at radius 3 is 2.14 bits per heavy atom. The van der Waals surface area contributed by atoms with E-state index in [1.165, 1.54) is 18.2 Å². The molecule has 1 rings (SSSR count). The van der Waals surface area contributed by atoms with Crippen LogP contribution in [0.4, 0.5) is 21.0 Å². The number of anilines is 1. The van der Waals surface area contributed by atoms with E-state index in [0.717, 1.165) is 0 Å². The van der Waals surface area contributed by atoms with Crippen LogP contribution in [0.1, 0.15) is 73.8 Å². The first-order valence-corrected chi connectivity index (χ1v) is 17.5. The Morgan fingerprint density at radius 2 is 1.64 bits per heavy atom. The molecule has 0 aliphatic rings. The molecular weight excluding hydrogens is 588 g/mol. The zero-order chi connectivity index (χ0) is 34.0. The average molecular weight is 639 g/mol. The standard InChI is InChI=1S/C29H50N6O8Si/c1-18(2)23(34-27(39)43-28(3,4)5)25(37)33-21(12-11-15-31-26(30)38)24(36)32-20-14-13-19(22(16-20)35(40)41)17-42-44(9,10)29(6,7)8/h13-14,16,18,21,23H,11-12,15,17H2,1-10H3,(H,32,36)(H,33,37)(H,34,39)(H3,30,31,38)/t21-,23-/m0/s1. The molecule has 0 aliphatic carbocycles. The number of carbonyl (C=O) groups excluding carboxylic acids is 4. The maximum Gasteiger partial charge on any atom is 0.408 e. The largest absolute Gasteiger partial charge is 0.444 e. The predicted molar refractivity (Wildman–Crippen MR) is 170 cm³/mol. The van der Waals surface area contributed by atoms with Crippen molar-refractivity contribution >= 4 is 43.6 Å². The highest BCUT2D eigenvalue weighted by atomic mass is 28.4. The number of primary amides is 1. The lowest BCUT2D eigenvalue weighted by molar-refractivity contribution is -0.385. The van der Waals surface area contributed by atoms with Crippen LogP contribution in [0, 0.1) is 16.0 Å². The molecule has 1 aromatic rings. The molecule has 0 aromatic heterocycles. The molecular formula is C29H50N6O8Si. The minimum absolute atomic E-state index is 0.0494. The summed E-state index contributed by atoms with van der Waals surface area (Å²) >= 11 is 0. The predicted octanol–water partition coefficient (Wildman–Crippen LogP) is 4.54. The number of nitrogens with zero attached hydrogens (tertiary/aromatic N) is 1. The van der Waals surface area contributed by atoms with Crippen LogP contribution in [0.3, 0.4) is 0 Å². The molecule has 6 N–H and O–H groups in total. The molecule has 0 unspecified atom stereocenters. The van der Waals surface area contributed by atoms with E-state index in [-0.39, 0.29) is 48.3 Å². The van der Waals surface area contributed by atoms with Gasteiger partial charge in [0.1, 0.15) is 17.7 Å². The van der Waals surface area contributed by atoms with Crippen molar-refractivity contribution in [3.63, 3.8) is 0 Å². The van der Waals surface area contributed by atoms with Gasteiger partial charge in [-0.15, -0.1) is 0 Å². The van der Waals surface area contributed by atoms with Gasteiger partial charge >= 0.3 is 12.1 Å². The topological polar surface area (TPSA) is 204 Å². The lowest BCUT2D eigenvalue weighted by atomic mass is 10.0. The highest BCUT2D eigenvalue weighted by Crippen LogP contribution is 2.37. The van der Waals surface area contributed by atoms with Crippen LogP contribution >= 0.6 is 0 Å². The first-order valence-electron chi connectivity index (χ1n) is 14.6. The second-order valence-electron chi connectivity index (χ2n) is 13.5. The van der Waals surface area contributed by atoms with E-state index in [4.69, 9.17) is 14.9 Å². The number of carbonyl (C=O) groups is 4. The van der Waals surface area contributed by atoms with Gasteiger partial charge in [0.25, 0.3) is 5.69 Å². The summed E-state index contributed by atoms with van der Waals surface area (Å²) in [5.74, 6) is -1.62. The van der Waals surface area contributed by atoms with E-state index in [1.807, 2.05) is 13.1 Å². The molecule has 0 aliphatic heterocycles. The quantitative estimate of drug-likeness (QED) is 0.0845. The molecule has 14 nitrogen and oxygen atoms in total. The molecule has 2 atom stereocenters. The van der Waals surface area contributed by atoms with Crippen molar-refractivity contribution in [3.8, 4) is 0 Å². The Kier molecular flexibility index (Phi) is 13.8. The third kappa shape index (κ3) is 12.9. The van der Waals surface area contributed by atoms with Crippen LogP contribution in [0.5, 0.6) is 0 Å². The van der Waals surface area contributed by atoms with Crippen molar-refractivity contribution in [2.45, 2.75) is 111 Å². The molecule has 5 amide bonds. The van der Waals surface area contributed by atoms with Crippen molar-refractivity contribution in [1.82, 2.24) is 16.0 Å². The summed E-state index contributed by atoms with van der Waals surface area (Å²) in [7, 11) is -2.18. The van der Waals surface area contributed by atoms with E-state index in [0.29, 0.717) is 5.56 Å². The van der Waals surface area contributed by atoms with Gasteiger partial charge in [-0.3, -0.25) is 19.7 Å². The molecule has 248 valence electrons. The fourth-order valence-electron chi connectivity index (χ4n) is 3.66. The molecule has 15 heteroatoms. The Morgan fingerprint density at radius 1 is 1.02 bits per heavy atom. The van der Waals surface area contributed by atoms with E-state index < -0.39 is 54.9 Å². The van der Waals surface area contributed by atoms with Crippen molar-refractivity contribution in [2.24, 2.45) is 11.7 Å². The summed E-state index contributed by atoms with van der Waals surface area (Å²) in [5.41, 5.74) is 4.64. The van der Waals surface area contributed by atoms with Gasteiger partial charge in [0.2, 0.25) is 11.8 Å². The summed E-state index contributed by atoms with van der Waals surface area (Å²) in [6.45, 7) is 19.0. The number of hydrogen-bond donors (Lipinski definition) is 5. The van der Waals surface area contributed by atoms with Crippen LogP contribution in [-0.4, -0.2) is 61.4 Å². The van der Waals surface area contributed by atoms with Crippen LogP contribution in [0.25, 0.3) is 0 Å². The molecule has 0 radical (unpaired) electrons. The van der Waals surface area contributed by atoms with Crippen molar-refractivity contribution < 1.29 is 33.3 Å². The summed E-state index contributed by atoms with van der Waals surface area (Å²) in [6.07, 6.45) is -0.421. The molecule has 1 aromatic carbocycles. The number of nitro groups is 1. The maximum atomic E-state index is 13.4. The van der Waals surface area contributed by atoms with Crippen LogP contribution in [0.15, 0.2) is 18.2 Å². The molecule has 0 bridgehead atoms. The summed E-state index contributed by atoms with van der Waals surface area (Å²) in [5, 5.41) is 22.1. The SMILES string of the molecule is CC(C)[C@H](NC(=O)OC(C)(C)C)C(=O)N[C@@H](CCCNC(N)=O)C(=O)Nc1ccc(CO[Si](C)(C)C(C)(C)C)c([N+](=O)[O-])c1. The third-order valence-corrected chi connectivity index (χ3v) is 11.6. The van der Waals surface area contributed by atoms with E-state index >= 15 is 0 Å². The number of benzene rings is 1. The van der Waals surface area contributed by atoms with E-state index in [2.05, 4.69) is 42.0 Å². The van der Waals surface area contributed by atoms with Gasteiger partial charge < -0.3 is 36.2 Å². The number of nitrogens with one attached hydrogen (secondary N) is 4. The van der Waals surface area contributed by atoms with Crippen LogP contribution < -0.4 is 27.0 Å². The normalized spacial score (nSPS) is 13.4. The Balaban J connectivity index is 3.18. The summed E-state index contributed by atoms with van der Waals surface area (Å²) in [6, 6.07) is 1.44.